The number of aromatic nitrogens is 5. The third kappa shape index (κ3) is 3.54. The first-order chi connectivity index (χ1) is 17.9. The van der Waals surface area contributed by atoms with Crippen LogP contribution in [-0.2, 0) is 4.79 Å². The lowest BCUT2D eigenvalue weighted by molar-refractivity contribution is -0.134. The molecule has 12 heteroatoms. The molecular weight excluding hydrogens is 477 g/mol. The summed E-state index contributed by atoms with van der Waals surface area (Å²) in [7, 11) is 0. The van der Waals surface area contributed by atoms with E-state index in [2.05, 4.69) is 21.3 Å². The van der Waals surface area contributed by atoms with Crippen molar-refractivity contribution < 1.29 is 14.0 Å². The molecule has 2 fully saturated rings. The zero-order chi connectivity index (χ0) is 25.9. The molecule has 1 saturated carbocycles. The molecule has 0 bridgehead atoms. The molecule has 1 unspecified atom stereocenters. The molecule has 188 valence electrons. The van der Waals surface area contributed by atoms with Gasteiger partial charge in [-0.2, -0.15) is 15.5 Å². The molecule has 4 N–H and O–H groups in total. The molecule has 2 amide bonds. The Kier molecular flexibility index (Phi) is 5.20. The minimum atomic E-state index is -0.953. The number of benzene rings is 1. The third-order valence-corrected chi connectivity index (χ3v) is 7.65. The van der Waals surface area contributed by atoms with Gasteiger partial charge in [-0.3, -0.25) is 14.0 Å². The number of hydrogen-bond acceptors (Lipinski definition) is 7. The normalized spacial score (nSPS) is 21.3. The maximum atomic E-state index is 14.0. The van der Waals surface area contributed by atoms with Crippen LogP contribution in [0.4, 0.5) is 4.39 Å². The van der Waals surface area contributed by atoms with Gasteiger partial charge in [0.1, 0.15) is 11.6 Å². The van der Waals surface area contributed by atoms with Crippen LogP contribution in [0.15, 0.2) is 43.0 Å². The van der Waals surface area contributed by atoms with Gasteiger partial charge >= 0.3 is 0 Å². The van der Waals surface area contributed by atoms with E-state index in [4.69, 9.17) is 11.5 Å². The number of primary amides is 1. The van der Waals surface area contributed by atoms with E-state index in [1.54, 1.807) is 32.7 Å². The standard InChI is InChI=1S/C25H24FN9O2/c26-8-16-11-33(24(37)25(13-27)3-4-25)12-18(16)21(28)35-19-2-1-14(7-15(19)9-32-35)20-17(22(29)36)10-31-34-6-5-30-23(20)34/h1-2,5-7,9-10,16,18,21H,3-4,8,11-12,28H2,(H2,29,36)/t16-,18-,21?/m1/s1. The highest BCUT2D eigenvalue weighted by molar-refractivity contribution is 6.03. The molecule has 3 atom stereocenters. The Morgan fingerprint density at radius 2 is 2.05 bits per heavy atom. The molecular formula is C25H24FN9O2. The van der Waals surface area contributed by atoms with Crippen LogP contribution < -0.4 is 11.5 Å². The van der Waals surface area contributed by atoms with Crippen molar-refractivity contribution in [2.45, 2.75) is 19.0 Å². The number of amides is 2. The van der Waals surface area contributed by atoms with Gasteiger partial charge in [-0.1, -0.05) is 6.07 Å². The number of halogens is 1. The molecule has 1 saturated heterocycles. The number of rotatable bonds is 6. The maximum absolute atomic E-state index is 14.0. The maximum Gasteiger partial charge on any atom is 0.251 e. The minimum Gasteiger partial charge on any atom is -0.366 e. The van der Waals surface area contributed by atoms with Crippen molar-refractivity contribution in [2.75, 3.05) is 19.8 Å². The van der Waals surface area contributed by atoms with Gasteiger partial charge in [0, 0.05) is 48.3 Å². The summed E-state index contributed by atoms with van der Waals surface area (Å²) in [6.45, 7) is -0.115. The van der Waals surface area contributed by atoms with Crippen LogP contribution in [0.2, 0.25) is 0 Å². The molecule has 1 aliphatic heterocycles. The average molecular weight is 502 g/mol. The highest BCUT2D eigenvalue weighted by Gasteiger charge is 2.54. The van der Waals surface area contributed by atoms with Crippen LogP contribution in [0.25, 0.3) is 27.7 Å². The van der Waals surface area contributed by atoms with E-state index in [9.17, 15) is 19.2 Å². The fourth-order valence-corrected chi connectivity index (χ4v) is 5.39. The number of hydrogen-bond donors (Lipinski definition) is 2. The number of alkyl halides is 1. The number of fused-ring (bicyclic) bond motifs is 2. The van der Waals surface area contributed by atoms with Crippen LogP contribution in [0.5, 0.6) is 0 Å². The van der Waals surface area contributed by atoms with Crippen molar-refractivity contribution in [1.29, 1.82) is 5.26 Å². The van der Waals surface area contributed by atoms with E-state index < -0.39 is 30.1 Å². The summed E-state index contributed by atoms with van der Waals surface area (Å²) in [4.78, 5) is 30.9. The average Bonchev–Trinajstić information content (AvgIpc) is 3.25. The predicted octanol–water partition coefficient (Wildman–Crippen LogP) is 1.65. The van der Waals surface area contributed by atoms with E-state index in [-0.39, 0.29) is 30.5 Å². The summed E-state index contributed by atoms with van der Waals surface area (Å²) in [6, 6.07) is 7.64. The molecule has 0 radical (unpaired) electrons. The smallest absolute Gasteiger partial charge is 0.251 e. The second-order valence-corrected chi connectivity index (χ2v) is 9.83. The lowest BCUT2D eigenvalue weighted by Gasteiger charge is -2.24. The van der Waals surface area contributed by atoms with Crippen molar-refractivity contribution in [3.8, 4) is 17.2 Å². The van der Waals surface area contributed by atoms with Gasteiger partial charge < -0.3 is 16.4 Å². The SMILES string of the molecule is N#CC1(C(=O)N2C[C@@H](CF)[C@H](C(N)n3ncc4cc(-c5c(C(N)=O)cnn6ccnc56)ccc43)C2)CC1. The van der Waals surface area contributed by atoms with E-state index in [1.165, 1.54) is 6.20 Å². The first kappa shape index (κ1) is 23.1. The highest BCUT2D eigenvalue weighted by atomic mass is 19.1. The van der Waals surface area contributed by atoms with Crippen LogP contribution in [-0.4, -0.2) is 60.9 Å². The minimum absolute atomic E-state index is 0.231. The summed E-state index contributed by atoms with van der Waals surface area (Å²) in [5.41, 5.74) is 14.0. The molecule has 37 heavy (non-hydrogen) atoms. The molecule has 4 heterocycles. The Morgan fingerprint density at radius 3 is 2.76 bits per heavy atom. The molecule has 6 rings (SSSR count). The molecule has 1 aromatic carbocycles. The van der Waals surface area contributed by atoms with Gasteiger partial charge in [-0.15, -0.1) is 0 Å². The molecule has 11 nitrogen and oxygen atoms in total. The van der Waals surface area contributed by atoms with E-state index in [0.29, 0.717) is 29.6 Å². The quantitative estimate of drug-likeness (QED) is 0.406. The second kappa shape index (κ2) is 8.35. The fraction of sp³-hybridized carbons (Fsp3) is 0.360. The van der Waals surface area contributed by atoms with Gasteiger partial charge in [0.2, 0.25) is 5.91 Å². The van der Waals surface area contributed by atoms with Crippen LogP contribution in [0.1, 0.15) is 29.4 Å². The summed E-state index contributed by atoms with van der Waals surface area (Å²) >= 11 is 0. The van der Waals surface area contributed by atoms with Crippen molar-refractivity contribution >= 4 is 28.4 Å². The van der Waals surface area contributed by atoms with Gasteiger partial charge in [-0.05, 0) is 30.5 Å². The summed E-state index contributed by atoms with van der Waals surface area (Å²) in [5, 5.41) is 18.8. The number of nitrogens with two attached hydrogens (primary N) is 2. The predicted molar refractivity (Wildman–Crippen MR) is 130 cm³/mol. The van der Waals surface area contributed by atoms with Gasteiger partial charge in [-0.25, -0.2) is 14.2 Å². The zero-order valence-electron chi connectivity index (χ0n) is 19.8. The van der Waals surface area contributed by atoms with Crippen molar-refractivity contribution in [3.63, 3.8) is 0 Å². The van der Waals surface area contributed by atoms with E-state index in [0.717, 1.165) is 10.9 Å². The van der Waals surface area contributed by atoms with Crippen molar-refractivity contribution in [1.82, 2.24) is 29.3 Å². The number of nitriles is 1. The van der Waals surface area contributed by atoms with Gasteiger partial charge in [0.25, 0.3) is 5.91 Å². The number of nitrogens with zero attached hydrogens (tertiary/aromatic N) is 7. The molecule has 4 aromatic rings. The Labute approximate surface area is 210 Å². The number of imidazole rings is 1. The first-order valence-corrected chi connectivity index (χ1v) is 12.0. The Hall–Kier alpha value is -4.37. The zero-order valence-corrected chi connectivity index (χ0v) is 19.8. The largest absolute Gasteiger partial charge is 0.366 e. The third-order valence-electron chi connectivity index (χ3n) is 7.65. The van der Waals surface area contributed by atoms with Gasteiger partial charge in [0.15, 0.2) is 5.65 Å². The van der Waals surface area contributed by atoms with Crippen LogP contribution in [0.3, 0.4) is 0 Å². The lowest BCUT2D eigenvalue weighted by atomic mass is 9.94. The number of carbonyl (C=O) groups is 2. The highest BCUT2D eigenvalue weighted by Crippen LogP contribution is 2.48. The monoisotopic (exact) mass is 501 g/mol. The molecule has 1 aliphatic carbocycles. The number of likely N-dealkylation sites (tertiary alicyclic amines) is 1. The molecule has 2 aliphatic rings. The Morgan fingerprint density at radius 1 is 1.24 bits per heavy atom. The second-order valence-electron chi connectivity index (χ2n) is 9.83. The first-order valence-electron chi connectivity index (χ1n) is 12.0. The topological polar surface area (TPSA) is 161 Å². The summed E-state index contributed by atoms with van der Waals surface area (Å²) < 4.78 is 17.2. The Bertz CT molecular complexity index is 1600. The fourth-order valence-electron chi connectivity index (χ4n) is 5.39. The molecule has 0 spiro atoms. The van der Waals surface area contributed by atoms with Gasteiger partial charge in [0.05, 0.1) is 36.2 Å². The Balaban J connectivity index is 1.33. The van der Waals surface area contributed by atoms with Crippen LogP contribution >= 0.6 is 0 Å². The lowest BCUT2D eigenvalue weighted by Crippen LogP contribution is -2.37. The van der Waals surface area contributed by atoms with Crippen LogP contribution in [0, 0.1) is 28.6 Å². The van der Waals surface area contributed by atoms with Crippen molar-refractivity contribution in [3.05, 3.63) is 48.5 Å². The van der Waals surface area contributed by atoms with E-state index in [1.807, 2.05) is 18.2 Å². The summed E-state index contributed by atoms with van der Waals surface area (Å²) in [5.74, 6) is -1.66. The summed E-state index contributed by atoms with van der Waals surface area (Å²) in [6.07, 6.45) is 6.74. The molecule has 3 aromatic heterocycles. The van der Waals surface area contributed by atoms with Crippen molar-refractivity contribution in [2.24, 2.45) is 28.7 Å². The van der Waals surface area contributed by atoms with E-state index >= 15 is 0 Å². The number of carbonyl (C=O) groups excluding carboxylic acids is 2.